The van der Waals surface area contributed by atoms with Crippen LogP contribution in [0.5, 0.6) is 0 Å². The van der Waals surface area contributed by atoms with E-state index in [1.807, 2.05) is 40.7 Å². The van der Waals surface area contributed by atoms with Crippen LogP contribution in [0.2, 0.25) is 0 Å². The van der Waals surface area contributed by atoms with E-state index in [-0.39, 0.29) is 16.5 Å². The number of nitrogens with zero attached hydrogens (tertiary/aromatic N) is 2. The van der Waals surface area contributed by atoms with Crippen molar-refractivity contribution in [2.75, 3.05) is 11.4 Å². The fraction of sp³-hybridized carbons (Fsp3) is 0.520. The minimum Gasteiger partial charge on any atom is -0.507 e. The molecule has 1 atom stereocenters. The third kappa shape index (κ3) is 4.58. The van der Waals surface area contributed by atoms with Gasteiger partial charge in [-0.25, -0.2) is 9.78 Å². The van der Waals surface area contributed by atoms with Gasteiger partial charge in [0.15, 0.2) is 5.60 Å². The molecular weight excluding hydrogens is 454 g/mol. The average Bonchev–Trinajstić information content (AvgIpc) is 3.38. The highest BCUT2D eigenvalue weighted by atomic mass is 32.2. The van der Waals surface area contributed by atoms with Crippen molar-refractivity contribution in [3.05, 3.63) is 53.6 Å². The summed E-state index contributed by atoms with van der Waals surface area (Å²) in [7, 11) is -2.43. The fourth-order valence-corrected chi connectivity index (χ4v) is 5.87. The maximum absolute atomic E-state index is 13.2. The number of hydrogen-bond donors (Lipinski definition) is 2. The Morgan fingerprint density at radius 3 is 2.38 bits per heavy atom. The topological polar surface area (TPSA) is 113 Å². The number of aliphatic hydroxyl groups excluding tert-OH is 1. The first-order chi connectivity index (χ1) is 15.9. The lowest BCUT2D eigenvalue weighted by Gasteiger charge is -2.32. The summed E-state index contributed by atoms with van der Waals surface area (Å²) in [5, 5.41) is 11.2. The first-order valence-electron chi connectivity index (χ1n) is 11.6. The van der Waals surface area contributed by atoms with E-state index in [0.29, 0.717) is 24.1 Å². The number of hydrogen-bond acceptors (Lipinski definition) is 6. The minimum absolute atomic E-state index is 0.00286. The zero-order valence-electron chi connectivity index (χ0n) is 20.8. The lowest BCUT2D eigenvalue weighted by molar-refractivity contribution is -0.150. The van der Waals surface area contributed by atoms with Gasteiger partial charge in [0, 0.05) is 25.4 Å². The summed E-state index contributed by atoms with van der Waals surface area (Å²) in [6.07, 6.45) is 5.44. The summed E-state index contributed by atoms with van der Waals surface area (Å²) in [6.45, 7) is 9.95. The maximum atomic E-state index is 13.2. The third-order valence-electron chi connectivity index (χ3n) is 6.30. The molecule has 2 N–H and O–H groups in total. The zero-order chi connectivity index (χ0) is 25.3. The van der Waals surface area contributed by atoms with Gasteiger partial charge in [-0.3, -0.25) is 4.31 Å². The lowest BCUT2D eigenvalue weighted by Crippen LogP contribution is -2.32. The molecule has 2 heterocycles. The van der Waals surface area contributed by atoms with E-state index in [1.165, 1.54) is 19.4 Å². The number of aliphatic hydroxyl groups is 1. The normalized spacial score (nSPS) is 17.1. The van der Waals surface area contributed by atoms with Crippen LogP contribution in [0, 0.1) is 5.41 Å². The molecule has 0 saturated heterocycles. The Labute approximate surface area is 202 Å². The van der Waals surface area contributed by atoms with Crippen molar-refractivity contribution in [1.29, 1.82) is 0 Å². The molecule has 0 aliphatic carbocycles. The molecule has 0 amide bonds. The molecule has 0 fully saturated rings. The maximum Gasteiger partial charge on any atom is 0.339 e. The number of nitrogens with one attached hydrogen (secondary N) is 1. The number of carbonyl (C=O) groups excluding carboxylic acids is 1. The van der Waals surface area contributed by atoms with Crippen molar-refractivity contribution in [2.24, 2.45) is 5.41 Å². The average molecular weight is 490 g/mol. The number of esters is 1. The molecule has 1 unspecified atom stereocenters. The highest BCUT2D eigenvalue weighted by Crippen LogP contribution is 2.49. The number of rotatable bonds is 9. The molecule has 1 aromatic carbocycles. The SMILES string of the molecule is CCCC1(CCC)OC(=O)C(C(c2cccc(N(C)S(=O)(=O)c3ncc[nH]3)c2)C(C)(C)C)=C1O. The van der Waals surface area contributed by atoms with Gasteiger partial charge >= 0.3 is 5.97 Å². The van der Waals surface area contributed by atoms with Crippen LogP contribution >= 0.6 is 0 Å². The van der Waals surface area contributed by atoms with Gasteiger partial charge in [-0.1, -0.05) is 59.6 Å². The van der Waals surface area contributed by atoms with Crippen LogP contribution in [0.3, 0.4) is 0 Å². The van der Waals surface area contributed by atoms with Crippen LogP contribution in [-0.4, -0.2) is 42.1 Å². The van der Waals surface area contributed by atoms with Crippen LogP contribution in [0.4, 0.5) is 5.69 Å². The molecule has 34 heavy (non-hydrogen) atoms. The predicted octanol–water partition coefficient (Wildman–Crippen LogP) is 5.07. The Bertz CT molecular complexity index is 1160. The summed E-state index contributed by atoms with van der Waals surface area (Å²) in [5.41, 5.74) is -0.0791. The monoisotopic (exact) mass is 489 g/mol. The standard InChI is InChI=1S/C25H35N3O5S/c1-7-12-25(13-8-2)21(29)19(22(30)33-25)20(24(3,4)5)17-10-9-11-18(16-17)28(6)34(31,32)23-26-14-15-27-23/h9-11,14-16,20,29H,7-8,12-13H2,1-6H3,(H,26,27). The quantitative estimate of drug-likeness (QED) is 0.476. The van der Waals surface area contributed by atoms with Gasteiger partial charge in [0.2, 0.25) is 5.16 Å². The Morgan fingerprint density at radius 1 is 1.21 bits per heavy atom. The van der Waals surface area contributed by atoms with Crippen LogP contribution in [0.25, 0.3) is 0 Å². The first-order valence-corrected chi connectivity index (χ1v) is 13.1. The lowest BCUT2D eigenvalue weighted by atomic mass is 9.71. The molecule has 9 heteroatoms. The second-order valence-electron chi connectivity index (χ2n) is 9.91. The number of imidazole rings is 1. The predicted molar refractivity (Wildman–Crippen MR) is 131 cm³/mol. The van der Waals surface area contributed by atoms with Crippen LogP contribution in [0.15, 0.2) is 53.1 Å². The van der Waals surface area contributed by atoms with Crippen molar-refractivity contribution in [2.45, 2.75) is 77.0 Å². The van der Waals surface area contributed by atoms with E-state index in [4.69, 9.17) is 4.74 Å². The summed E-state index contributed by atoms with van der Waals surface area (Å²) < 4.78 is 32.9. The van der Waals surface area contributed by atoms with Gasteiger partial charge in [-0.2, -0.15) is 8.42 Å². The molecule has 0 radical (unpaired) electrons. The summed E-state index contributed by atoms with van der Waals surface area (Å²) in [6, 6.07) is 7.02. The van der Waals surface area contributed by atoms with E-state index < -0.39 is 32.9 Å². The first kappa shape index (κ1) is 25.8. The number of aromatic nitrogens is 2. The van der Waals surface area contributed by atoms with Gasteiger partial charge in [-0.05, 0) is 36.0 Å². The van der Waals surface area contributed by atoms with Crippen molar-refractivity contribution < 1.29 is 23.1 Å². The molecule has 0 saturated carbocycles. The highest BCUT2D eigenvalue weighted by molar-refractivity contribution is 7.92. The molecule has 1 aromatic heterocycles. The van der Waals surface area contributed by atoms with Gasteiger partial charge in [0.05, 0.1) is 11.3 Å². The number of anilines is 1. The number of H-pyrrole nitrogens is 1. The molecule has 1 aliphatic rings. The fourth-order valence-electron chi connectivity index (χ4n) is 4.81. The second-order valence-corrected chi connectivity index (χ2v) is 11.8. The summed E-state index contributed by atoms with van der Waals surface area (Å²) in [4.78, 5) is 19.7. The number of aromatic amines is 1. The summed E-state index contributed by atoms with van der Waals surface area (Å²) in [5.74, 6) is -1.01. The Morgan fingerprint density at radius 2 is 1.85 bits per heavy atom. The second kappa shape index (κ2) is 9.44. The molecule has 8 nitrogen and oxygen atoms in total. The van der Waals surface area contributed by atoms with Gasteiger partial charge in [0.1, 0.15) is 5.76 Å². The molecule has 2 aromatic rings. The van der Waals surface area contributed by atoms with Crippen LogP contribution in [0.1, 0.15) is 71.8 Å². The highest BCUT2D eigenvalue weighted by Gasteiger charge is 2.51. The Balaban J connectivity index is 2.12. The minimum atomic E-state index is -3.89. The molecule has 0 spiro atoms. The van der Waals surface area contributed by atoms with E-state index >= 15 is 0 Å². The van der Waals surface area contributed by atoms with E-state index in [9.17, 15) is 18.3 Å². The number of ether oxygens (including phenoxy) is 1. The third-order valence-corrected chi connectivity index (χ3v) is 7.95. The van der Waals surface area contributed by atoms with Crippen molar-refractivity contribution in [3.63, 3.8) is 0 Å². The zero-order valence-corrected chi connectivity index (χ0v) is 21.6. The van der Waals surface area contributed by atoms with Gasteiger partial charge in [0.25, 0.3) is 10.0 Å². The van der Waals surface area contributed by atoms with E-state index in [0.717, 1.165) is 17.1 Å². The number of cyclic esters (lactones) is 1. The number of sulfonamides is 1. The molecular formula is C25H35N3O5S. The Hall–Kier alpha value is -2.81. The van der Waals surface area contributed by atoms with Gasteiger partial charge in [-0.15, -0.1) is 0 Å². The van der Waals surface area contributed by atoms with E-state index in [1.54, 1.807) is 18.2 Å². The molecule has 0 bridgehead atoms. The van der Waals surface area contributed by atoms with Crippen molar-refractivity contribution >= 4 is 21.7 Å². The van der Waals surface area contributed by atoms with Gasteiger partial charge < -0.3 is 14.8 Å². The van der Waals surface area contributed by atoms with Crippen molar-refractivity contribution in [1.82, 2.24) is 9.97 Å². The van der Waals surface area contributed by atoms with Crippen molar-refractivity contribution in [3.8, 4) is 0 Å². The largest absolute Gasteiger partial charge is 0.507 e. The number of carbonyl (C=O) groups is 1. The smallest absolute Gasteiger partial charge is 0.339 e. The Kier molecular flexibility index (Phi) is 7.17. The molecule has 1 aliphatic heterocycles. The molecule has 186 valence electrons. The van der Waals surface area contributed by atoms with Crippen LogP contribution in [-0.2, 0) is 19.6 Å². The van der Waals surface area contributed by atoms with Crippen LogP contribution < -0.4 is 4.31 Å². The number of benzene rings is 1. The van der Waals surface area contributed by atoms with E-state index in [2.05, 4.69) is 9.97 Å². The molecule has 3 rings (SSSR count). The summed E-state index contributed by atoms with van der Waals surface area (Å²) >= 11 is 0.